The van der Waals surface area contributed by atoms with E-state index in [-0.39, 0.29) is 0 Å². The van der Waals surface area contributed by atoms with Gasteiger partial charge >= 0.3 is 0 Å². The van der Waals surface area contributed by atoms with Crippen LogP contribution < -0.4 is 5.32 Å². The first kappa shape index (κ1) is 11.4. The SMILES string of the molecule is CC1CCC(NC2CC(C)CC(C)C2)C1. The van der Waals surface area contributed by atoms with Crippen LogP contribution in [0.2, 0.25) is 0 Å². The highest BCUT2D eigenvalue weighted by atomic mass is 15.0. The molecular weight excluding hydrogens is 182 g/mol. The molecule has 0 aromatic rings. The minimum atomic E-state index is 0.819. The summed E-state index contributed by atoms with van der Waals surface area (Å²) in [6.07, 6.45) is 8.54. The van der Waals surface area contributed by atoms with Crippen LogP contribution in [0.15, 0.2) is 0 Å². The van der Waals surface area contributed by atoms with Crippen molar-refractivity contribution in [3.63, 3.8) is 0 Å². The maximum absolute atomic E-state index is 3.91. The lowest BCUT2D eigenvalue weighted by Crippen LogP contribution is -2.41. The first-order valence-electron chi connectivity index (χ1n) is 6.89. The monoisotopic (exact) mass is 209 g/mol. The van der Waals surface area contributed by atoms with E-state index in [2.05, 4.69) is 26.1 Å². The second-order valence-electron chi connectivity index (χ2n) is 6.40. The summed E-state index contributed by atoms with van der Waals surface area (Å²) in [6, 6.07) is 1.65. The Labute approximate surface area is 95.0 Å². The number of nitrogens with one attached hydrogen (secondary N) is 1. The molecule has 0 aromatic carbocycles. The van der Waals surface area contributed by atoms with Gasteiger partial charge in [-0.25, -0.2) is 0 Å². The summed E-state index contributed by atoms with van der Waals surface area (Å²) in [5.74, 6) is 2.83. The van der Waals surface area contributed by atoms with Gasteiger partial charge in [0.2, 0.25) is 0 Å². The van der Waals surface area contributed by atoms with Crippen LogP contribution in [0, 0.1) is 17.8 Å². The van der Waals surface area contributed by atoms with E-state index in [0.29, 0.717) is 0 Å². The van der Waals surface area contributed by atoms with Gasteiger partial charge in [-0.2, -0.15) is 0 Å². The second-order valence-corrected chi connectivity index (χ2v) is 6.40. The number of rotatable bonds is 2. The van der Waals surface area contributed by atoms with Gasteiger partial charge in [0.15, 0.2) is 0 Å². The van der Waals surface area contributed by atoms with E-state index in [1.807, 2.05) is 0 Å². The molecule has 0 heterocycles. The zero-order chi connectivity index (χ0) is 10.8. The van der Waals surface area contributed by atoms with E-state index in [1.54, 1.807) is 0 Å². The predicted octanol–water partition coefficient (Wildman–Crippen LogP) is 3.59. The third-order valence-electron chi connectivity index (χ3n) is 4.34. The Bertz CT molecular complexity index is 192. The van der Waals surface area contributed by atoms with Gasteiger partial charge in [0, 0.05) is 12.1 Å². The zero-order valence-corrected chi connectivity index (χ0v) is 10.6. The molecule has 0 bridgehead atoms. The Hall–Kier alpha value is -0.0400. The van der Waals surface area contributed by atoms with Crippen LogP contribution in [-0.2, 0) is 0 Å². The molecule has 1 heteroatoms. The average molecular weight is 209 g/mol. The quantitative estimate of drug-likeness (QED) is 0.733. The molecule has 0 saturated heterocycles. The van der Waals surface area contributed by atoms with Gasteiger partial charge in [0.25, 0.3) is 0 Å². The van der Waals surface area contributed by atoms with Crippen LogP contribution in [0.3, 0.4) is 0 Å². The highest BCUT2D eigenvalue weighted by Crippen LogP contribution is 2.31. The van der Waals surface area contributed by atoms with E-state index < -0.39 is 0 Å². The van der Waals surface area contributed by atoms with Gasteiger partial charge in [-0.15, -0.1) is 0 Å². The lowest BCUT2D eigenvalue weighted by atomic mass is 9.80. The molecule has 0 amide bonds. The molecule has 2 aliphatic rings. The molecule has 2 aliphatic carbocycles. The minimum absolute atomic E-state index is 0.819. The van der Waals surface area contributed by atoms with Crippen LogP contribution in [0.25, 0.3) is 0 Å². The fourth-order valence-electron chi connectivity index (χ4n) is 3.77. The van der Waals surface area contributed by atoms with E-state index in [9.17, 15) is 0 Å². The summed E-state index contributed by atoms with van der Waals surface area (Å²) < 4.78 is 0. The summed E-state index contributed by atoms with van der Waals surface area (Å²) in [5.41, 5.74) is 0. The molecule has 2 saturated carbocycles. The smallest absolute Gasteiger partial charge is 0.00747 e. The highest BCUT2D eigenvalue weighted by Gasteiger charge is 2.28. The summed E-state index contributed by atoms with van der Waals surface area (Å²) in [4.78, 5) is 0. The molecule has 1 nitrogen and oxygen atoms in total. The normalized spacial score (nSPS) is 47.0. The molecule has 0 spiro atoms. The van der Waals surface area contributed by atoms with Crippen molar-refractivity contribution in [1.82, 2.24) is 5.32 Å². The average Bonchev–Trinajstić information content (AvgIpc) is 2.49. The number of hydrogen-bond acceptors (Lipinski definition) is 1. The summed E-state index contributed by atoms with van der Waals surface area (Å²) in [7, 11) is 0. The standard InChI is InChI=1S/C14H27N/c1-10-4-5-13(7-10)15-14-8-11(2)6-12(3)9-14/h10-15H,4-9H2,1-3H3. The molecule has 0 aliphatic heterocycles. The van der Waals surface area contributed by atoms with Crippen molar-refractivity contribution in [3.8, 4) is 0 Å². The molecule has 0 radical (unpaired) electrons. The van der Waals surface area contributed by atoms with Gasteiger partial charge < -0.3 is 5.32 Å². The fraction of sp³-hybridized carbons (Fsp3) is 1.00. The Morgan fingerprint density at radius 3 is 1.80 bits per heavy atom. The van der Waals surface area contributed by atoms with Crippen molar-refractivity contribution in [2.75, 3.05) is 0 Å². The summed E-state index contributed by atoms with van der Waals surface area (Å²) in [6.45, 7) is 7.23. The molecule has 2 rings (SSSR count). The lowest BCUT2D eigenvalue weighted by molar-refractivity contribution is 0.225. The summed E-state index contributed by atoms with van der Waals surface area (Å²) >= 11 is 0. The topological polar surface area (TPSA) is 12.0 Å². The van der Waals surface area contributed by atoms with E-state index in [1.165, 1.54) is 38.5 Å². The van der Waals surface area contributed by atoms with Gasteiger partial charge in [-0.1, -0.05) is 20.8 Å². The van der Waals surface area contributed by atoms with E-state index in [4.69, 9.17) is 0 Å². The van der Waals surface area contributed by atoms with E-state index >= 15 is 0 Å². The molecule has 1 N–H and O–H groups in total. The van der Waals surface area contributed by atoms with Crippen LogP contribution >= 0.6 is 0 Å². The maximum Gasteiger partial charge on any atom is 0.00747 e. The third-order valence-corrected chi connectivity index (χ3v) is 4.34. The fourth-order valence-corrected chi connectivity index (χ4v) is 3.77. The second kappa shape index (κ2) is 4.86. The van der Waals surface area contributed by atoms with Crippen LogP contribution in [0.1, 0.15) is 59.3 Å². The van der Waals surface area contributed by atoms with Gasteiger partial charge in [-0.3, -0.25) is 0 Å². The Balaban J connectivity index is 1.78. The van der Waals surface area contributed by atoms with Crippen molar-refractivity contribution in [2.45, 2.75) is 71.4 Å². The highest BCUT2D eigenvalue weighted by molar-refractivity contribution is 4.85. The molecule has 4 atom stereocenters. The third kappa shape index (κ3) is 3.21. The molecule has 15 heavy (non-hydrogen) atoms. The van der Waals surface area contributed by atoms with Crippen molar-refractivity contribution < 1.29 is 0 Å². The van der Waals surface area contributed by atoms with Crippen molar-refractivity contribution >= 4 is 0 Å². The first-order chi connectivity index (χ1) is 7.13. The predicted molar refractivity (Wildman–Crippen MR) is 65.9 cm³/mol. The molecule has 88 valence electrons. The first-order valence-corrected chi connectivity index (χ1v) is 6.89. The molecular formula is C14H27N. The van der Waals surface area contributed by atoms with Gasteiger partial charge in [0.1, 0.15) is 0 Å². The zero-order valence-electron chi connectivity index (χ0n) is 10.6. The van der Waals surface area contributed by atoms with Crippen molar-refractivity contribution in [2.24, 2.45) is 17.8 Å². The molecule has 4 unspecified atom stereocenters. The Kier molecular flexibility index (Phi) is 3.71. The molecule has 0 aromatic heterocycles. The van der Waals surface area contributed by atoms with Gasteiger partial charge in [-0.05, 0) is 56.3 Å². The van der Waals surface area contributed by atoms with Crippen molar-refractivity contribution in [1.29, 1.82) is 0 Å². The van der Waals surface area contributed by atoms with Crippen LogP contribution in [-0.4, -0.2) is 12.1 Å². The Morgan fingerprint density at radius 2 is 1.27 bits per heavy atom. The lowest BCUT2D eigenvalue weighted by Gasteiger charge is -2.34. The minimum Gasteiger partial charge on any atom is -0.311 e. The molecule has 2 fully saturated rings. The Morgan fingerprint density at radius 1 is 0.667 bits per heavy atom. The van der Waals surface area contributed by atoms with Crippen LogP contribution in [0.4, 0.5) is 0 Å². The number of hydrogen-bond donors (Lipinski definition) is 1. The maximum atomic E-state index is 3.91. The van der Waals surface area contributed by atoms with E-state index in [0.717, 1.165) is 29.8 Å². The largest absolute Gasteiger partial charge is 0.311 e. The summed E-state index contributed by atoms with van der Waals surface area (Å²) in [5, 5.41) is 3.91. The van der Waals surface area contributed by atoms with Gasteiger partial charge in [0.05, 0.1) is 0 Å². The van der Waals surface area contributed by atoms with Crippen molar-refractivity contribution in [3.05, 3.63) is 0 Å². The van der Waals surface area contributed by atoms with Crippen LogP contribution in [0.5, 0.6) is 0 Å².